The lowest BCUT2D eigenvalue weighted by molar-refractivity contribution is 0.241. The zero-order chi connectivity index (χ0) is 15.7. The van der Waals surface area contributed by atoms with Crippen molar-refractivity contribution in [2.45, 2.75) is 27.3 Å². The number of rotatable bonds is 3. The van der Waals surface area contributed by atoms with E-state index in [1.807, 2.05) is 14.0 Å². The molecule has 1 fully saturated rings. The van der Waals surface area contributed by atoms with Crippen molar-refractivity contribution >= 4 is 5.69 Å². The van der Waals surface area contributed by atoms with E-state index >= 15 is 0 Å². The molecule has 1 aliphatic rings. The number of hydrogen-bond acceptors (Lipinski definition) is 4. The summed E-state index contributed by atoms with van der Waals surface area (Å²) in [7, 11) is 2.04. The van der Waals surface area contributed by atoms with Crippen LogP contribution in [0.2, 0.25) is 0 Å². The molecule has 0 unspecified atom stereocenters. The van der Waals surface area contributed by atoms with E-state index in [-0.39, 0.29) is 0 Å². The van der Waals surface area contributed by atoms with Gasteiger partial charge < -0.3 is 9.47 Å². The molecule has 118 valence electrons. The second kappa shape index (κ2) is 6.08. The zero-order valence-electron chi connectivity index (χ0n) is 14.0. The largest absolute Gasteiger partial charge is 0.369 e. The maximum absolute atomic E-state index is 4.27. The number of benzene rings is 1. The van der Waals surface area contributed by atoms with Gasteiger partial charge in [0.25, 0.3) is 0 Å². The van der Waals surface area contributed by atoms with E-state index < -0.39 is 0 Å². The highest BCUT2D eigenvalue weighted by Gasteiger charge is 2.20. The minimum atomic E-state index is 0.887. The van der Waals surface area contributed by atoms with E-state index in [4.69, 9.17) is 0 Å². The molecule has 3 rings (SSSR count). The first-order valence-electron chi connectivity index (χ1n) is 7.94. The van der Waals surface area contributed by atoms with E-state index in [0.717, 1.165) is 44.4 Å². The molecular weight excluding hydrogens is 274 g/mol. The molecule has 2 aromatic rings. The molecule has 0 radical (unpaired) electrons. The van der Waals surface area contributed by atoms with Crippen LogP contribution in [0.3, 0.4) is 0 Å². The van der Waals surface area contributed by atoms with Gasteiger partial charge in [-0.3, -0.25) is 4.90 Å². The Morgan fingerprint density at radius 1 is 1.00 bits per heavy atom. The van der Waals surface area contributed by atoms with Gasteiger partial charge in [-0.05, 0) is 38.0 Å². The molecule has 0 bridgehead atoms. The summed E-state index contributed by atoms with van der Waals surface area (Å²) in [6.07, 6.45) is 0. The lowest BCUT2D eigenvalue weighted by atomic mass is 10.1. The van der Waals surface area contributed by atoms with Crippen LogP contribution in [-0.2, 0) is 13.6 Å². The first-order valence-corrected chi connectivity index (χ1v) is 7.94. The Labute approximate surface area is 132 Å². The van der Waals surface area contributed by atoms with E-state index in [0.29, 0.717) is 0 Å². The van der Waals surface area contributed by atoms with E-state index in [1.165, 1.54) is 16.8 Å². The third kappa shape index (κ3) is 2.86. The lowest BCUT2D eigenvalue weighted by Gasteiger charge is -2.36. The molecule has 0 N–H and O–H groups in total. The van der Waals surface area contributed by atoms with Crippen LogP contribution in [-0.4, -0.2) is 45.8 Å². The molecule has 1 aromatic carbocycles. The lowest BCUT2D eigenvalue weighted by Crippen LogP contribution is -2.46. The summed E-state index contributed by atoms with van der Waals surface area (Å²) in [6.45, 7) is 11.6. The summed E-state index contributed by atoms with van der Waals surface area (Å²) >= 11 is 0. The summed E-state index contributed by atoms with van der Waals surface area (Å²) in [5.41, 5.74) is 4.16. The number of aromatic nitrogens is 3. The van der Waals surface area contributed by atoms with Gasteiger partial charge in [0.05, 0.1) is 6.54 Å². The summed E-state index contributed by atoms with van der Waals surface area (Å²) in [4.78, 5) is 4.96. The highest BCUT2D eigenvalue weighted by molar-refractivity contribution is 5.56. The fourth-order valence-electron chi connectivity index (χ4n) is 3.01. The second-order valence-corrected chi connectivity index (χ2v) is 6.20. The average Bonchev–Trinajstić information content (AvgIpc) is 2.83. The van der Waals surface area contributed by atoms with Crippen LogP contribution in [0.4, 0.5) is 5.69 Å². The van der Waals surface area contributed by atoms with Gasteiger partial charge in [0.1, 0.15) is 11.6 Å². The van der Waals surface area contributed by atoms with Crippen molar-refractivity contribution in [3.05, 3.63) is 41.0 Å². The van der Waals surface area contributed by atoms with Gasteiger partial charge in [-0.25, -0.2) is 0 Å². The number of anilines is 1. The normalized spacial score (nSPS) is 16.3. The maximum Gasteiger partial charge on any atom is 0.146 e. The monoisotopic (exact) mass is 299 g/mol. The predicted octanol–water partition coefficient (Wildman–Crippen LogP) is 2.06. The number of piperazine rings is 1. The Morgan fingerprint density at radius 2 is 1.73 bits per heavy atom. The number of nitrogens with zero attached hydrogens (tertiary/aromatic N) is 5. The quantitative estimate of drug-likeness (QED) is 0.869. The van der Waals surface area contributed by atoms with Gasteiger partial charge in [0.15, 0.2) is 0 Å². The van der Waals surface area contributed by atoms with Crippen LogP contribution in [0.5, 0.6) is 0 Å². The standard InChI is InChI=1S/C17H25N5/c1-13-6-5-7-16(14(13)2)22-10-8-21(9-11-22)12-17-19-18-15(3)20(17)4/h5-7H,8-12H2,1-4H3. The molecule has 5 heteroatoms. The predicted molar refractivity (Wildman–Crippen MR) is 89.1 cm³/mol. The summed E-state index contributed by atoms with van der Waals surface area (Å²) < 4.78 is 2.08. The van der Waals surface area contributed by atoms with Crippen LogP contribution in [0.1, 0.15) is 22.8 Å². The highest BCUT2D eigenvalue weighted by atomic mass is 15.3. The molecule has 1 aliphatic heterocycles. The van der Waals surface area contributed by atoms with Gasteiger partial charge in [-0.15, -0.1) is 10.2 Å². The molecule has 0 saturated carbocycles. The SMILES string of the molecule is Cc1cccc(N2CCN(Cc3nnc(C)n3C)CC2)c1C. The molecule has 2 heterocycles. The summed E-state index contributed by atoms with van der Waals surface area (Å²) in [6, 6.07) is 6.59. The van der Waals surface area contributed by atoms with Crippen LogP contribution in [0.25, 0.3) is 0 Å². The Morgan fingerprint density at radius 3 is 2.36 bits per heavy atom. The Hall–Kier alpha value is -1.88. The van der Waals surface area contributed by atoms with Gasteiger partial charge in [-0.2, -0.15) is 0 Å². The molecule has 5 nitrogen and oxygen atoms in total. The van der Waals surface area contributed by atoms with Gasteiger partial charge in [-0.1, -0.05) is 12.1 Å². The van der Waals surface area contributed by atoms with Crippen molar-refractivity contribution in [3.63, 3.8) is 0 Å². The van der Waals surface area contributed by atoms with Crippen molar-refractivity contribution in [1.29, 1.82) is 0 Å². The maximum atomic E-state index is 4.27. The fourth-order valence-corrected chi connectivity index (χ4v) is 3.01. The minimum absolute atomic E-state index is 0.887. The molecule has 0 amide bonds. The van der Waals surface area contributed by atoms with Crippen LogP contribution >= 0.6 is 0 Å². The third-order valence-corrected chi connectivity index (χ3v) is 4.84. The van der Waals surface area contributed by atoms with E-state index in [2.05, 4.69) is 56.6 Å². The smallest absolute Gasteiger partial charge is 0.146 e. The van der Waals surface area contributed by atoms with Crippen molar-refractivity contribution in [2.75, 3.05) is 31.1 Å². The molecule has 0 atom stereocenters. The zero-order valence-corrected chi connectivity index (χ0v) is 14.0. The Balaban J connectivity index is 1.63. The molecule has 0 spiro atoms. The van der Waals surface area contributed by atoms with Crippen LogP contribution < -0.4 is 4.90 Å². The average molecular weight is 299 g/mol. The minimum Gasteiger partial charge on any atom is -0.369 e. The topological polar surface area (TPSA) is 37.2 Å². The molecule has 1 aromatic heterocycles. The first-order chi connectivity index (χ1) is 10.6. The molecular formula is C17H25N5. The Kier molecular flexibility index (Phi) is 4.16. The summed E-state index contributed by atoms with van der Waals surface area (Å²) in [5, 5.41) is 8.41. The summed E-state index contributed by atoms with van der Waals surface area (Å²) in [5.74, 6) is 2.03. The van der Waals surface area contributed by atoms with Crippen molar-refractivity contribution in [1.82, 2.24) is 19.7 Å². The van der Waals surface area contributed by atoms with Gasteiger partial charge >= 0.3 is 0 Å². The third-order valence-electron chi connectivity index (χ3n) is 4.84. The second-order valence-electron chi connectivity index (χ2n) is 6.20. The number of aryl methyl sites for hydroxylation is 2. The molecule has 22 heavy (non-hydrogen) atoms. The van der Waals surface area contributed by atoms with E-state index in [9.17, 15) is 0 Å². The van der Waals surface area contributed by atoms with Crippen LogP contribution in [0.15, 0.2) is 18.2 Å². The van der Waals surface area contributed by atoms with Crippen LogP contribution in [0, 0.1) is 20.8 Å². The van der Waals surface area contributed by atoms with E-state index in [1.54, 1.807) is 0 Å². The van der Waals surface area contributed by atoms with Crippen molar-refractivity contribution in [2.24, 2.45) is 7.05 Å². The van der Waals surface area contributed by atoms with Gasteiger partial charge in [0, 0.05) is 38.9 Å². The Bertz CT molecular complexity index is 653. The van der Waals surface area contributed by atoms with Gasteiger partial charge in [0.2, 0.25) is 0 Å². The fraction of sp³-hybridized carbons (Fsp3) is 0.529. The number of hydrogen-bond donors (Lipinski definition) is 0. The van der Waals surface area contributed by atoms with Crippen molar-refractivity contribution < 1.29 is 0 Å². The first kappa shape index (κ1) is 15.0. The molecule has 1 saturated heterocycles. The highest BCUT2D eigenvalue weighted by Crippen LogP contribution is 2.24. The molecule has 0 aliphatic carbocycles. The van der Waals surface area contributed by atoms with Crippen molar-refractivity contribution in [3.8, 4) is 0 Å².